The maximum Gasteiger partial charge on any atom is 0.0630 e. The van der Waals surface area contributed by atoms with Crippen LogP contribution in [0.15, 0.2) is 200 Å². The molecule has 13 rings (SSSR count). The molecule has 0 fully saturated rings. The van der Waals surface area contributed by atoms with E-state index in [0.29, 0.717) is 0 Å². The van der Waals surface area contributed by atoms with Gasteiger partial charge in [-0.25, -0.2) is 0 Å². The second kappa shape index (κ2) is 11.6. The molecule has 2 atom stereocenters. The lowest BCUT2D eigenvalue weighted by Gasteiger charge is -2.29. The lowest BCUT2D eigenvalue weighted by atomic mass is 9.86. The molecule has 4 heterocycles. The highest BCUT2D eigenvalue weighted by Gasteiger charge is 2.38. The number of hydrogen-bond donors (Lipinski definition) is 0. The number of allylic oxidation sites excluding steroid dienone is 2. The SMILES string of the molecule is C1=CC2C(C=C1c1ccc3c(c1)c1ccc(-c4ccc5c(c4)c4cccc6c7ccccc7n5c64)cc1n3-c1ccccc1)c1ccccc1N2c1ccccc1. The lowest BCUT2D eigenvalue weighted by molar-refractivity contribution is 0.747. The Morgan fingerprint density at radius 1 is 0.404 bits per heavy atom. The Kier molecular flexibility index (Phi) is 6.28. The van der Waals surface area contributed by atoms with Gasteiger partial charge in [-0.1, -0.05) is 133 Å². The zero-order chi connectivity index (χ0) is 37.2. The summed E-state index contributed by atoms with van der Waals surface area (Å²) >= 11 is 0. The second-order valence-corrected chi connectivity index (χ2v) is 15.7. The maximum atomic E-state index is 2.50. The zero-order valence-corrected chi connectivity index (χ0v) is 31.0. The fourth-order valence-corrected chi connectivity index (χ4v) is 10.3. The minimum atomic E-state index is 0.243. The van der Waals surface area contributed by atoms with Crippen molar-refractivity contribution >= 4 is 76.8 Å². The summed E-state index contributed by atoms with van der Waals surface area (Å²) < 4.78 is 4.89. The first-order chi connectivity index (χ1) is 28.3. The summed E-state index contributed by atoms with van der Waals surface area (Å²) in [5.74, 6) is 0.270. The van der Waals surface area contributed by atoms with E-state index in [9.17, 15) is 0 Å². The van der Waals surface area contributed by atoms with E-state index in [4.69, 9.17) is 0 Å². The van der Waals surface area contributed by atoms with E-state index in [1.165, 1.54) is 99.1 Å². The summed E-state index contributed by atoms with van der Waals surface area (Å²) in [7, 11) is 0. The van der Waals surface area contributed by atoms with Crippen molar-refractivity contribution in [2.24, 2.45) is 0 Å². The van der Waals surface area contributed by atoms with Crippen LogP contribution in [0.5, 0.6) is 0 Å². The van der Waals surface area contributed by atoms with E-state index in [2.05, 4.69) is 214 Å². The third kappa shape index (κ3) is 4.31. The largest absolute Gasteiger partial charge is 0.333 e. The van der Waals surface area contributed by atoms with Crippen molar-refractivity contribution in [3.63, 3.8) is 0 Å². The summed E-state index contributed by atoms with van der Waals surface area (Å²) in [6.45, 7) is 0. The Hall–Kier alpha value is -7.36. The highest BCUT2D eigenvalue weighted by molar-refractivity contribution is 6.23. The van der Waals surface area contributed by atoms with Crippen molar-refractivity contribution in [3.05, 3.63) is 211 Å². The van der Waals surface area contributed by atoms with Crippen LogP contribution in [0.2, 0.25) is 0 Å². The van der Waals surface area contributed by atoms with Gasteiger partial charge in [0.15, 0.2) is 0 Å². The van der Waals surface area contributed by atoms with E-state index in [0.717, 1.165) is 5.69 Å². The van der Waals surface area contributed by atoms with Crippen molar-refractivity contribution in [1.82, 2.24) is 8.97 Å². The van der Waals surface area contributed by atoms with Gasteiger partial charge in [0.25, 0.3) is 0 Å². The topological polar surface area (TPSA) is 12.6 Å². The number of fused-ring (bicyclic) bond motifs is 12. The van der Waals surface area contributed by atoms with Crippen LogP contribution < -0.4 is 4.90 Å². The van der Waals surface area contributed by atoms with Gasteiger partial charge >= 0.3 is 0 Å². The number of rotatable bonds is 4. The monoisotopic (exact) mass is 725 g/mol. The van der Waals surface area contributed by atoms with Gasteiger partial charge < -0.3 is 13.9 Å². The summed E-state index contributed by atoms with van der Waals surface area (Å²) in [4.78, 5) is 2.50. The minimum Gasteiger partial charge on any atom is -0.333 e. The molecule has 1 aliphatic carbocycles. The molecule has 0 N–H and O–H groups in total. The first-order valence-corrected chi connectivity index (χ1v) is 19.9. The molecule has 1 aliphatic heterocycles. The van der Waals surface area contributed by atoms with Gasteiger partial charge in [-0.3, -0.25) is 0 Å². The third-order valence-electron chi connectivity index (χ3n) is 12.8. The van der Waals surface area contributed by atoms with Crippen LogP contribution in [0, 0.1) is 0 Å². The molecule has 2 unspecified atom stereocenters. The normalized spacial score (nSPS) is 16.4. The van der Waals surface area contributed by atoms with Crippen LogP contribution in [-0.4, -0.2) is 15.0 Å². The molecule has 0 amide bonds. The van der Waals surface area contributed by atoms with Crippen molar-refractivity contribution in [2.75, 3.05) is 4.90 Å². The number of hydrogen-bond acceptors (Lipinski definition) is 1. The van der Waals surface area contributed by atoms with Crippen LogP contribution in [0.25, 0.3) is 82.3 Å². The van der Waals surface area contributed by atoms with E-state index in [-0.39, 0.29) is 12.0 Å². The number of nitrogens with zero attached hydrogens (tertiary/aromatic N) is 3. The van der Waals surface area contributed by atoms with Crippen molar-refractivity contribution in [2.45, 2.75) is 12.0 Å². The average Bonchev–Trinajstić information content (AvgIpc) is 4.00. The summed E-state index contributed by atoms with van der Waals surface area (Å²) in [6, 6.07) is 67.4. The van der Waals surface area contributed by atoms with Crippen molar-refractivity contribution in [3.8, 4) is 16.8 Å². The predicted molar refractivity (Wildman–Crippen MR) is 240 cm³/mol. The Morgan fingerprint density at radius 3 is 1.89 bits per heavy atom. The van der Waals surface area contributed by atoms with E-state index < -0.39 is 0 Å². The van der Waals surface area contributed by atoms with Gasteiger partial charge in [-0.15, -0.1) is 0 Å². The average molecular weight is 726 g/mol. The molecule has 0 saturated heterocycles. The van der Waals surface area contributed by atoms with Gasteiger partial charge in [0.2, 0.25) is 0 Å². The van der Waals surface area contributed by atoms with Gasteiger partial charge in [0.1, 0.15) is 0 Å². The van der Waals surface area contributed by atoms with Crippen LogP contribution in [-0.2, 0) is 0 Å². The number of anilines is 2. The summed E-state index contributed by atoms with van der Waals surface area (Å²) in [6.07, 6.45) is 7.25. The molecule has 8 aromatic carbocycles. The van der Waals surface area contributed by atoms with E-state index in [1.54, 1.807) is 0 Å². The van der Waals surface area contributed by atoms with Gasteiger partial charge in [0, 0.05) is 55.3 Å². The number of para-hydroxylation sites is 5. The summed E-state index contributed by atoms with van der Waals surface area (Å²) in [5.41, 5.74) is 16.3. The van der Waals surface area contributed by atoms with E-state index in [1.807, 2.05) is 0 Å². The zero-order valence-electron chi connectivity index (χ0n) is 31.0. The fourth-order valence-electron chi connectivity index (χ4n) is 10.3. The van der Waals surface area contributed by atoms with Gasteiger partial charge in [-0.05, 0) is 94.6 Å². The molecule has 57 heavy (non-hydrogen) atoms. The molecular weight excluding hydrogens is 691 g/mol. The number of aromatic nitrogens is 2. The quantitative estimate of drug-likeness (QED) is 0.176. The van der Waals surface area contributed by atoms with Crippen LogP contribution in [0.4, 0.5) is 11.4 Å². The highest BCUT2D eigenvalue weighted by atomic mass is 15.2. The third-order valence-corrected chi connectivity index (χ3v) is 12.8. The number of benzene rings is 8. The highest BCUT2D eigenvalue weighted by Crippen LogP contribution is 2.49. The van der Waals surface area contributed by atoms with Crippen molar-refractivity contribution in [1.29, 1.82) is 0 Å². The predicted octanol–water partition coefficient (Wildman–Crippen LogP) is 13.9. The van der Waals surface area contributed by atoms with E-state index >= 15 is 0 Å². The Balaban J connectivity index is 0.956. The Morgan fingerprint density at radius 2 is 1.02 bits per heavy atom. The first-order valence-electron chi connectivity index (χ1n) is 19.9. The molecular formula is C54H35N3. The molecule has 0 bridgehead atoms. The van der Waals surface area contributed by atoms with Gasteiger partial charge in [-0.2, -0.15) is 0 Å². The standard InChI is InChI=1S/C54H35N3/c1-3-12-38(13-4-1)55-48-20-9-8-17-41(48)45-30-34(23-27-50(45)55)35-24-28-51-46(31-35)42-26-22-37(33-53(42)56(51)39-14-5-2-6-15-39)36-25-29-52-47(32-36)44-19-11-18-43-40-16-7-10-21-49(40)57(52)54(43)44/h1-33,45,50H. The molecule has 0 spiro atoms. The molecule has 0 saturated carbocycles. The molecule has 266 valence electrons. The molecule has 2 aliphatic rings. The molecule has 3 heteroatoms. The fraction of sp³-hybridized carbons (Fsp3) is 0.0370. The van der Waals surface area contributed by atoms with Crippen LogP contribution >= 0.6 is 0 Å². The first kappa shape index (κ1) is 30.9. The van der Waals surface area contributed by atoms with Crippen LogP contribution in [0.1, 0.15) is 17.0 Å². The molecule has 0 radical (unpaired) electrons. The molecule has 3 nitrogen and oxygen atoms in total. The van der Waals surface area contributed by atoms with Gasteiger partial charge in [0.05, 0.1) is 33.6 Å². The maximum absolute atomic E-state index is 2.50. The summed E-state index contributed by atoms with van der Waals surface area (Å²) in [5, 5.41) is 7.74. The van der Waals surface area contributed by atoms with Crippen LogP contribution in [0.3, 0.4) is 0 Å². The molecule has 3 aromatic heterocycles. The van der Waals surface area contributed by atoms with Crippen molar-refractivity contribution < 1.29 is 0 Å². The Bertz CT molecular complexity index is 3470. The Labute approximate surface area is 329 Å². The molecule has 11 aromatic rings. The minimum absolute atomic E-state index is 0.243. The smallest absolute Gasteiger partial charge is 0.0630 e. The second-order valence-electron chi connectivity index (χ2n) is 15.7. The lowest BCUT2D eigenvalue weighted by Crippen LogP contribution is -2.28.